The molecule has 0 spiro atoms. The number of amides is 1. The first-order valence-electron chi connectivity index (χ1n) is 8.00. The van der Waals surface area contributed by atoms with Gasteiger partial charge in [0.1, 0.15) is 0 Å². The Hall–Kier alpha value is -0.570. The molecule has 0 radical (unpaired) electrons. The van der Waals surface area contributed by atoms with Crippen molar-refractivity contribution in [1.29, 1.82) is 0 Å². The van der Waals surface area contributed by atoms with E-state index in [-0.39, 0.29) is 5.91 Å². The molecule has 1 aliphatic carbocycles. The Balaban J connectivity index is 2.10. The zero-order chi connectivity index (χ0) is 14.3. The molecule has 0 atom stereocenters. The smallest absolute Gasteiger partial charge is 0.220 e. The zero-order valence-electron chi connectivity index (χ0n) is 13.2. The van der Waals surface area contributed by atoms with E-state index < -0.39 is 0 Å². The van der Waals surface area contributed by atoms with E-state index in [0.29, 0.717) is 18.5 Å². The van der Waals surface area contributed by atoms with Crippen LogP contribution in [0.25, 0.3) is 0 Å². The van der Waals surface area contributed by atoms with Gasteiger partial charge in [-0.3, -0.25) is 4.79 Å². The van der Waals surface area contributed by atoms with Gasteiger partial charge in [0, 0.05) is 18.5 Å². The maximum Gasteiger partial charge on any atom is 0.220 e. The quantitative estimate of drug-likeness (QED) is 0.598. The molecule has 1 saturated carbocycles. The van der Waals surface area contributed by atoms with Gasteiger partial charge < -0.3 is 10.6 Å². The predicted molar refractivity (Wildman–Crippen MR) is 81.1 cm³/mol. The highest BCUT2D eigenvalue weighted by Gasteiger charge is 2.22. The predicted octanol–water partition coefficient (Wildman–Crippen LogP) is 3.10. The Bertz CT molecular complexity index is 249. The van der Waals surface area contributed by atoms with Crippen molar-refractivity contribution < 1.29 is 4.79 Å². The van der Waals surface area contributed by atoms with Crippen molar-refractivity contribution in [3.8, 4) is 0 Å². The van der Waals surface area contributed by atoms with E-state index in [4.69, 9.17) is 0 Å². The molecule has 0 unspecified atom stereocenters. The molecule has 1 amide bonds. The number of nitrogens with one attached hydrogen (secondary N) is 2. The minimum absolute atomic E-state index is 0.230. The SMILES string of the molecule is CC(C)CC(CC(C)C)NCCCC(=O)NC1CC1. The van der Waals surface area contributed by atoms with Crippen molar-refractivity contribution in [2.75, 3.05) is 6.54 Å². The second-order valence-corrected chi connectivity index (χ2v) is 6.86. The fraction of sp³-hybridized carbons (Fsp3) is 0.938. The van der Waals surface area contributed by atoms with Crippen LogP contribution in [0.3, 0.4) is 0 Å². The molecule has 0 aromatic rings. The second-order valence-electron chi connectivity index (χ2n) is 6.86. The average Bonchev–Trinajstić information content (AvgIpc) is 3.06. The van der Waals surface area contributed by atoms with Gasteiger partial charge in [-0.25, -0.2) is 0 Å². The van der Waals surface area contributed by atoms with E-state index in [2.05, 4.69) is 38.3 Å². The van der Waals surface area contributed by atoms with Crippen molar-refractivity contribution in [2.45, 2.75) is 78.3 Å². The summed E-state index contributed by atoms with van der Waals surface area (Å²) in [7, 11) is 0. The lowest BCUT2D eigenvalue weighted by atomic mass is 9.95. The molecule has 0 aromatic carbocycles. The van der Waals surface area contributed by atoms with Crippen LogP contribution in [0.4, 0.5) is 0 Å². The molecule has 112 valence electrons. The Kier molecular flexibility index (Phi) is 7.44. The first-order valence-corrected chi connectivity index (χ1v) is 8.00. The fourth-order valence-electron chi connectivity index (χ4n) is 2.48. The number of carbonyl (C=O) groups is 1. The summed E-state index contributed by atoms with van der Waals surface area (Å²) >= 11 is 0. The van der Waals surface area contributed by atoms with Gasteiger partial charge in [0.15, 0.2) is 0 Å². The van der Waals surface area contributed by atoms with E-state index in [1.807, 2.05) is 0 Å². The minimum atomic E-state index is 0.230. The highest BCUT2D eigenvalue weighted by molar-refractivity contribution is 5.76. The summed E-state index contributed by atoms with van der Waals surface area (Å²) in [6.07, 6.45) is 6.42. The van der Waals surface area contributed by atoms with Crippen LogP contribution in [0.15, 0.2) is 0 Å². The Morgan fingerprint density at radius 1 is 1.11 bits per heavy atom. The van der Waals surface area contributed by atoms with Crippen LogP contribution in [0.5, 0.6) is 0 Å². The molecule has 1 aliphatic rings. The van der Waals surface area contributed by atoms with Crippen molar-refractivity contribution >= 4 is 5.91 Å². The van der Waals surface area contributed by atoms with Crippen LogP contribution in [0, 0.1) is 11.8 Å². The van der Waals surface area contributed by atoms with E-state index in [1.165, 1.54) is 25.7 Å². The topological polar surface area (TPSA) is 41.1 Å². The van der Waals surface area contributed by atoms with E-state index in [0.717, 1.165) is 24.8 Å². The van der Waals surface area contributed by atoms with E-state index in [9.17, 15) is 4.79 Å². The van der Waals surface area contributed by atoms with Gasteiger partial charge in [0.2, 0.25) is 5.91 Å². The molecule has 3 nitrogen and oxygen atoms in total. The Morgan fingerprint density at radius 2 is 1.68 bits per heavy atom. The Morgan fingerprint density at radius 3 is 2.16 bits per heavy atom. The summed E-state index contributed by atoms with van der Waals surface area (Å²) in [5.41, 5.74) is 0. The maximum absolute atomic E-state index is 11.6. The van der Waals surface area contributed by atoms with Gasteiger partial charge in [-0.1, -0.05) is 27.7 Å². The third kappa shape index (κ3) is 9.04. The molecule has 2 N–H and O–H groups in total. The first-order chi connectivity index (χ1) is 8.97. The largest absolute Gasteiger partial charge is 0.353 e. The average molecular weight is 268 g/mol. The molecule has 0 saturated heterocycles. The summed E-state index contributed by atoms with van der Waals surface area (Å²) in [5.74, 6) is 1.69. The van der Waals surface area contributed by atoms with Gasteiger partial charge in [-0.2, -0.15) is 0 Å². The molecule has 1 rings (SSSR count). The lowest BCUT2D eigenvalue weighted by Crippen LogP contribution is -2.33. The molecular weight excluding hydrogens is 236 g/mol. The van der Waals surface area contributed by atoms with Crippen molar-refractivity contribution in [1.82, 2.24) is 10.6 Å². The Labute approximate surface area is 118 Å². The van der Waals surface area contributed by atoms with Crippen LogP contribution in [-0.2, 0) is 4.79 Å². The third-order valence-electron chi connectivity index (χ3n) is 3.47. The molecule has 1 fully saturated rings. The molecule has 0 bridgehead atoms. The van der Waals surface area contributed by atoms with Crippen LogP contribution in [-0.4, -0.2) is 24.5 Å². The van der Waals surface area contributed by atoms with Crippen LogP contribution < -0.4 is 10.6 Å². The van der Waals surface area contributed by atoms with Crippen molar-refractivity contribution in [3.05, 3.63) is 0 Å². The monoisotopic (exact) mass is 268 g/mol. The summed E-state index contributed by atoms with van der Waals surface area (Å²) in [4.78, 5) is 11.6. The molecule has 0 aromatic heterocycles. The number of carbonyl (C=O) groups excluding carboxylic acids is 1. The van der Waals surface area contributed by atoms with Crippen LogP contribution in [0.2, 0.25) is 0 Å². The van der Waals surface area contributed by atoms with Gasteiger partial charge in [-0.15, -0.1) is 0 Å². The van der Waals surface area contributed by atoms with Crippen molar-refractivity contribution in [3.63, 3.8) is 0 Å². The lowest BCUT2D eigenvalue weighted by molar-refractivity contribution is -0.121. The van der Waals surface area contributed by atoms with Gasteiger partial charge >= 0.3 is 0 Å². The summed E-state index contributed by atoms with van der Waals surface area (Å²) in [5, 5.41) is 6.67. The molecule has 0 aliphatic heterocycles. The first kappa shape index (κ1) is 16.5. The molecule has 0 heterocycles. The van der Waals surface area contributed by atoms with Gasteiger partial charge in [0.05, 0.1) is 0 Å². The standard InChI is InChI=1S/C16H32N2O/c1-12(2)10-15(11-13(3)4)17-9-5-6-16(19)18-14-7-8-14/h12-15,17H,5-11H2,1-4H3,(H,18,19). The van der Waals surface area contributed by atoms with E-state index in [1.54, 1.807) is 0 Å². The highest BCUT2D eigenvalue weighted by Crippen LogP contribution is 2.18. The number of rotatable bonds is 10. The number of hydrogen-bond acceptors (Lipinski definition) is 2. The van der Waals surface area contributed by atoms with E-state index >= 15 is 0 Å². The van der Waals surface area contributed by atoms with Gasteiger partial charge in [0.25, 0.3) is 0 Å². The van der Waals surface area contributed by atoms with Gasteiger partial charge in [-0.05, 0) is 50.5 Å². The normalized spacial score (nSPS) is 15.5. The molecule has 3 heteroatoms. The van der Waals surface area contributed by atoms with Crippen LogP contribution >= 0.6 is 0 Å². The fourth-order valence-corrected chi connectivity index (χ4v) is 2.48. The molecule has 19 heavy (non-hydrogen) atoms. The highest BCUT2D eigenvalue weighted by atomic mass is 16.1. The summed E-state index contributed by atoms with van der Waals surface area (Å²) in [6, 6.07) is 1.10. The third-order valence-corrected chi connectivity index (χ3v) is 3.47. The maximum atomic E-state index is 11.6. The summed E-state index contributed by atoms with van der Waals surface area (Å²) in [6.45, 7) is 10.1. The number of hydrogen-bond donors (Lipinski definition) is 2. The summed E-state index contributed by atoms with van der Waals surface area (Å²) < 4.78 is 0. The van der Waals surface area contributed by atoms with Crippen LogP contribution in [0.1, 0.15) is 66.2 Å². The molecular formula is C16H32N2O. The second kappa shape index (κ2) is 8.57. The minimum Gasteiger partial charge on any atom is -0.353 e. The zero-order valence-corrected chi connectivity index (χ0v) is 13.2. The lowest BCUT2D eigenvalue weighted by Gasteiger charge is -2.22. The van der Waals surface area contributed by atoms with Crippen molar-refractivity contribution in [2.24, 2.45) is 11.8 Å².